The van der Waals surface area contributed by atoms with Crippen LogP contribution in [0.15, 0.2) is 18.2 Å². The molecule has 0 aliphatic rings. The molecule has 0 aliphatic carbocycles. The van der Waals surface area contributed by atoms with Crippen molar-refractivity contribution in [2.45, 2.75) is 33.1 Å². The average molecular weight is 264 g/mol. The second-order valence-corrected chi connectivity index (χ2v) is 5.30. The molecule has 0 spiro atoms. The van der Waals surface area contributed by atoms with E-state index >= 15 is 0 Å². The van der Waals surface area contributed by atoms with Crippen LogP contribution in [0.4, 0.5) is 0 Å². The molecule has 108 valence electrons. The number of nitrogens with two attached hydrogens (primary N) is 2. The number of hydrogen-bond donors (Lipinski definition) is 2. The molecule has 0 bridgehead atoms. The minimum Gasteiger partial charge on any atom is -0.497 e. The summed E-state index contributed by atoms with van der Waals surface area (Å²) in [5, 5.41) is 0. The van der Waals surface area contributed by atoms with Gasteiger partial charge in [-0.3, -0.25) is 0 Å². The first-order valence-corrected chi connectivity index (χ1v) is 7.15. The fraction of sp³-hybridized carbons (Fsp3) is 0.625. The predicted octanol–water partition coefficient (Wildman–Crippen LogP) is 2.53. The molecule has 1 aromatic carbocycles. The van der Waals surface area contributed by atoms with Crippen molar-refractivity contribution in [2.24, 2.45) is 23.3 Å². The molecule has 0 saturated heterocycles. The summed E-state index contributed by atoms with van der Waals surface area (Å²) in [5.74, 6) is 2.24. The van der Waals surface area contributed by atoms with Gasteiger partial charge in [-0.1, -0.05) is 26.8 Å². The van der Waals surface area contributed by atoms with E-state index in [2.05, 4.69) is 32.9 Å². The van der Waals surface area contributed by atoms with Crippen LogP contribution in [0, 0.1) is 11.8 Å². The fourth-order valence-corrected chi connectivity index (χ4v) is 2.68. The van der Waals surface area contributed by atoms with Crippen molar-refractivity contribution in [1.82, 2.24) is 0 Å². The van der Waals surface area contributed by atoms with E-state index in [1.807, 2.05) is 6.07 Å². The van der Waals surface area contributed by atoms with Crippen molar-refractivity contribution in [2.75, 3.05) is 20.2 Å². The average Bonchev–Trinajstić information content (AvgIpc) is 2.46. The van der Waals surface area contributed by atoms with E-state index in [1.165, 1.54) is 11.1 Å². The van der Waals surface area contributed by atoms with Gasteiger partial charge in [0.1, 0.15) is 5.75 Å². The Labute approximate surface area is 117 Å². The number of benzene rings is 1. The molecule has 3 heteroatoms. The van der Waals surface area contributed by atoms with Gasteiger partial charge in [-0.15, -0.1) is 0 Å². The van der Waals surface area contributed by atoms with E-state index in [0.717, 1.165) is 12.2 Å². The van der Waals surface area contributed by atoms with Gasteiger partial charge in [0.05, 0.1) is 7.11 Å². The molecule has 3 nitrogen and oxygen atoms in total. The second-order valence-electron chi connectivity index (χ2n) is 5.30. The van der Waals surface area contributed by atoms with Gasteiger partial charge in [0.2, 0.25) is 0 Å². The van der Waals surface area contributed by atoms with Gasteiger partial charge in [0, 0.05) is 0 Å². The molecule has 0 aromatic heterocycles. The first-order valence-electron chi connectivity index (χ1n) is 7.15. The molecule has 1 rings (SSSR count). The van der Waals surface area contributed by atoms with Gasteiger partial charge in [-0.25, -0.2) is 0 Å². The number of rotatable bonds is 7. The van der Waals surface area contributed by atoms with Crippen LogP contribution in [-0.4, -0.2) is 20.2 Å². The highest BCUT2D eigenvalue weighted by atomic mass is 16.5. The Hall–Kier alpha value is -1.06. The molecule has 2 atom stereocenters. The Morgan fingerprint density at radius 2 is 1.79 bits per heavy atom. The van der Waals surface area contributed by atoms with Crippen LogP contribution in [0.3, 0.4) is 0 Å². The van der Waals surface area contributed by atoms with Crippen LogP contribution >= 0.6 is 0 Å². The normalized spacial score (nSPS) is 14.5. The summed E-state index contributed by atoms with van der Waals surface area (Å²) < 4.78 is 5.30. The molecule has 0 heterocycles. The van der Waals surface area contributed by atoms with Gasteiger partial charge < -0.3 is 16.2 Å². The molecular weight excluding hydrogens is 236 g/mol. The van der Waals surface area contributed by atoms with Gasteiger partial charge in [-0.2, -0.15) is 0 Å². The lowest BCUT2D eigenvalue weighted by atomic mass is 9.78. The van der Waals surface area contributed by atoms with Gasteiger partial charge in [0.25, 0.3) is 0 Å². The summed E-state index contributed by atoms with van der Waals surface area (Å²) in [6, 6.07) is 6.36. The lowest BCUT2D eigenvalue weighted by Crippen LogP contribution is -2.31. The number of ether oxygens (including phenoxy) is 1. The van der Waals surface area contributed by atoms with Crippen molar-refractivity contribution in [3.05, 3.63) is 29.3 Å². The van der Waals surface area contributed by atoms with Crippen molar-refractivity contribution >= 4 is 0 Å². The Bertz CT molecular complexity index is 388. The maximum Gasteiger partial charge on any atom is 0.119 e. The molecule has 0 fully saturated rings. The van der Waals surface area contributed by atoms with Crippen molar-refractivity contribution < 1.29 is 4.74 Å². The van der Waals surface area contributed by atoms with Crippen molar-refractivity contribution in [3.8, 4) is 5.75 Å². The van der Waals surface area contributed by atoms with E-state index in [-0.39, 0.29) is 0 Å². The monoisotopic (exact) mass is 264 g/mol. The highest BCUT2D eigenvalue weighted by molar-refractivity contribution is 5.38. The summed E-state index contributed by atoms with van der Waals surface area (Å²) >= 11 is 0. The zero-order valence-electron chi connectivity index (χ0n) is 12.6. The molecule has 1 aromatic rings. The van der Waals surface area contributed by atoms with Gasteiger partial charge in [0.15, 0.2) is 0 Å². The molecule has 0 saturated carbocycles. The lowest BCUT2D eigenvalue weighted by molar-refractivity contribution is 0.327. The highest BCUT2D eigenvalue weighted by Gasteiger charge is 2.23. The number of aryl methyl sites for hydroxylation is 1. The first-order chi connectivity index (χ1) is 9.08. The van der Waals surface area contributed by atoms with Crippen LogP contribution in [0.25, 0.3) is 0 Å². The van der Waals surface area contributed by atoms with Crippen LogP contribution in [0.2, 0.25) is 0 Å². The minimum absolute atomic E-state index is 0.377. The lowest BCUT2D eigenvalue weighted by Gasteiger charge is -2.29. The summed E-state index contributed by atoms with van der Waals surface area (Å²) in [4.78, 5) is 0. The maximum absolute atomic E-state index is 5.82. The molecule has 0 radical (unpaired) electrons. The summed E-state index contributed by atoms with van der Waals surface area (Å²) in [5.41, 5.74) is 14.4. The van der Waals surface area contributed by atoms with Gasteiger partial charge in [-0.05, 0) is 60.5 Å². The van der Waals surface area contributed by atoms with Gasteiger partial charge >= 0.3 is 0 Å². The Kier molecular flexibility index (Phi) is 6.32. The number of hydrogen-bond acceptors (Lipinski definition) is 3. The third kappa shape index (κ3) is 3.71. The zero-order valence-corrected chi connectivity index (χ0v) is 12.6. The number of methoxy groups -OCH3 is 1. The molecule has 19 heavy (non-hydrogen) atoms. The third-order valence-electron chi connectivity index (χ3n) is 4.36. The predicted molar refractivity (Wildman–Crippen MR) is 81.5 cm³/mol. The minimum atomic E-state index is 0.377. The molecule has 2 unspecified atom stereocenters. The topological polar surface area (TPSA) is 61.3 Å². The molecular formula is C16H28N2O. The van der Waals surface area contributed by atoms with Crippen LogP contribution in [0.1, 0.15) is 37.8 Å². The van der Waals surface area contributed by atoms with E-state index in [9.17, 15) is 0 Å². The van der Waals surface area contributed by atoms with Crippen LogP contribution < -0.4 is 16.2 Å². The van der Waals surface area contributed by atoms with E-state index in [0.29, 0.717) is 30.8 Å². The summed E-state index contributed by atoms with van der Waals surface area (Å²) in [6.45, 7) is 8.00. The van der Waals surface area contributed by atoms with E-state index in [1.54, 1.807) is 7.11 Å². The SMILES string of the molecule is CCc1cc(OC)ccc1C(C)C(C)C(CN)CN. The smallest absolute Gasteiger partial charge is 0.119 e. The van der Waals surface area contributed by atoms with Crippen LogP contribution in [0.5, 0.6) is 5.75 Å². The zero-order chi connectivity index (χ0) is 14.4. The Morgan fingerprint density at radius 3 is 2.26 bits per heavy atom. The standard InChI is InChI=1S/C16H28N2O/c1-5-13-8-15(19-4)6-7-16(13)12(3)11(2)14(9-17)10-18/h6-8,11-12,14H,5,9-10,17-18H2,1-4H3. The van der Waals surface area contributed by atoms with Crippen molar-refractivity contribution in [3.63, 3.8) is 0 Å². The highest BCUT2D eigenvalue weighted by Crippen LogP contribution is 2.33. The Balaban J connectivity index is 3.01. The molecule has 0 amide bonds. The third-order valence-corrected chi connectivity index (χ3v) is 4.36. The van der Waals surface area contributed by atoms with Crippen LogP contribution in [-0.2, 0) is 6.42 Å². The van der Waals surface area contributed by atoms with Crippen molar-refractivity contribution in [1.29, 1.82) is 0 Å². The quantitative estimate of drug-likeness (QED) is 0.795. The molecule has 4 N–H and O–H groups in total. The Morgan fingerprint density at radius 1 is 1.16 bits per heavy atom. The molecule has 0 aliphatic heterocycles. The maximum atomic E-state index is 5.82. The summed E-state index contributed by atoms with van der Waals surface area (Å²) in [7, 11) is 1.71. The first kappa shape index (κ1) is 16.0. The second kappa shape index (κ2) is 7.51. The summed E-state index contributed by atoms with van der Waals surface area (Å²) in [6.07, 6.45) is 1.01. The largest absolute Gasteiger partial charge is 0.497 e. The van der Waals surface area contributed by atoms with E-state index < -0.39 is 0 Å². The fourth-order valence-electron chi connectivity index (χ4n) is 2.68. The van der Waals surface area contributed by atoms with E-state index in [4.69, 9.17) is 16.2 Å².